The lowest BCUT2D eigenvalue weighted by Gasteiger charge is -2.24. The van der Waals surface area contributed by atoms with E-state index in [4.69, 9.17) is 9.47 Å². The Morgan fingerprint density at radius 1 is 1.42 bits per heavy atom. The van der Waals surface area contributed by atoms with E-state index < -0.39 is 5.60 Å². The summed E-state index contributed by atoms with van der Waals surface area (Å²) in [7, 11) is 1.56. The molecule has 0 spiro atoms. The smallest absolute Gasteiger partial charge is 0.256 e. The first-order valence-corrected chi connectivity index (χ1v) is 6.37. The highest BCUT2D eigenvalue weighted by Crippen LogP contribution is 2.19. The number of carbonyl (C=O) groups excluding carboxylic acids is 1. The minimum Gasteiger partial charge on any atom is -0.481 e. The van der Waals surface area contributed by atoms with Crippen molar-refractivity contribution in [3.8, 4) is 5.88 Å². The molecule has 1 amide bonds. The number of aromatic nitrogens is 1. The maximum Gasteiger partial charge on any atom is 0.256 e. The third kappa shape index (κ3) is 4.21. The molecule has 1 heterocycles. The number of hydrogen-bond acceptors (Lipinski definition) is 4. The standard InChI is InChI=1S/C14H22N2O3/c1-6-9-19-14(3,4)13(17)16-11-7-8-12(18-5)15-10(11)2/h7-8H,6,9H2,1-5H3,(H,16,17). The maximum absolute atomic E-state index is 12.2. The molecule has 0 unspecified atom stereocenters. The van der Waals surface area contributed by atoms with Gasteiger partial charge in [-0.15, -0.1) is 0 Å². The Labute approximate surface area is 114 Å². The molecule has 1 rings (SSSR count). The van der Waals surface area contributed by atoms with E-state index in [9.17, 15) is 4.79 Å². The van der Waals surface area contributed by atoms with Crippen LogP contribution in [-0.2, 0) is 9.53 Å². The van der Waals surface area contributed by atoms with E-state index in [-0.39, 0.29) is 5.91 Å². The lowest BCUT2D eigenvalue weighted by Crippen LogP contribution is -2.40. The molecule has 5 nitrogen and oxygen atoms in total. The molecule has 0 saturated carbocycles. The van der Waals surface area contributed by atoms with Gasteiger partial charge in [-0.1, -0.05) is 6.92 Å². The second-order valence-electron chi connectivity index (χ2n) is 4.80. The predicted molar refractivity (Wildman–Crippen MR) is 74.5 cm³/mol. The van der Waals surface area contributed by atoms with Gasteiger partial charge < -0.3 is 14.8 Å². The number of aryl methyl sites for hydroxylation is 1. The van der Waals surface area contributed by atoms with E-state index in [0.29, 0.717) is 23.9 Å². The van der Waals surface area contributed by atoms with Gasteiger partial charge in [0.2, 0.25) is 5.88 Å². The Balaban J connectivity index is 2.76. The van der Waals surface area contributed by atoms with Crippen LogP contribution in [0.15, 0.2) is 12.1 Å². The summed E-state index contributed by atoms with van der Waals surface area (Å²) in [5.74, 6) is 0.341. The Bertz CT molecular complexity index is 444. The van der Waals surface area contributed by atoms with Gasteiger partial charge in [0, 0.05) is 12.7 Å². The highest BCUT2D eigenvalue weighted by Gasteiger charge is 2.28. The number of carbonyl (C=O) groups is 1. The van der Waals surface area contributed by atoms with Crippen molar-refractivity contribution in [2.45, 2.75) is 39.7 Å². The Kier molecular flexibility index (Phi) is 5.30. The van der Waals surface area contributed by atoms with E-state index in [1.165, 1.54) is 0 Å². The number of nitrogens with zero attached hydrogens (tertiary/aromatic N) is 1. The predicted octanol–water partition coefficient (Wildman–Crippen LogP) is 2.54. The lowest BCUT2D eigenvalue weighted by molar-refractivity contribution is -0.137. The van der Waals surface area contributed by atoms with Crippen LogP contribution in [0.5, 0.6) is 5.88 Å². The topological polar surface area (TPSA) is 60.5 Å². The largest absolute Gasteiger partial charge is 0.481 e. The number of ether oxygens (including phenoxy) is 2. The zero-order chi connectivity index (χ0) is 14.5. The molecule has 0 aliphatic heterocycles. The van der Waals surface area contributed by atoms with Crippen LogP contribution in [0.3, 0.4) is 0 Å². The molecule has 5 heteroatoms. The Hall–Kier alpha value is -1.62. The second-order valence-corrected chi connectivity index (χ2v) is 4.80. The van der Waals surface area contributed by atoms with Crippen molar-refractivity contribution < 1.29 is 14.3 Å². The van der Waals surface area contributed by atoms with Crippen LogP contribution in [0.25, 0.3) is 0 Å². The SMILES string of the molecule is CCCOC(C)(C)C(=O)Nc1ccc(OC)nc1C. The summed E-state index contributed by atoms with van der Waals surface area (Å²) in [4.78, 5) is 16.4. The molecule has 0 radical (unpaired) electrons. The van der Waals surface area contributed by atoms with E-state index in [2.05, 4.69) is 10.3 Å². The van der Waals surface area contributed by atoms with Crippen molar-refractivity contribution in [3.05, 3.63) is 17.8 Å². The third-order valence-corrected chi connectivity index (χ3v) is 2.73. The molecule has 0 bridgehead atoms. The van der Waals surface area contributed by atoms with E-state index in [0.717, 1.165) is 6.42 Å². The van der Waals surface area contributed by atoms with Crippen LogP contribution in [0, 0.1) is 6.92 Å². The first-order valence-electron chi connectivity index (χ1n) is 6.37. The molecule has 0 aromatic carbocycles. The van der Waals surface area contributed by atoms with E-state index >= 15 is 0 Å². The molecule has 1 aromatic heterocycles. The van der Waals surface area contributed by atoms with Gasteiger partial charge in [0.25, 0.3) is 5.91 Å². The van der Waals surface area contributed by atoms with Crippen LogP contribution in [-0.4, -0.2) is 30.2 Å². The molecule has 0 atom stereocenters. The monoisotopic (exact) mass is 266 g/mol. The summed E-state index contributed by atoms with van der Waals surface area (Å²) in [6.45, 7) is 7.89. The molecule has 1 aromatic rings. The Morgan fingerprint density at radius 2 is 2.11 bits per heavy atom. The molecule has 1 N–H and O–H groups in total. The summed E-state index contributed by atoms with van der Waals surface area (Å²) in [6.07, 6.45) is 0.875. The maximum atomic E-state index is 12.2. The van der Waals surface area contributed by atoms with Crippen molar-refractivity contribution in [1.82, 2.24) is 4.98 Å². The average molecular weight is 266 g/mol. The number of amides is 1. The van der Waals surface area contributed by atoms with Gasteiger partial charge in [-0.05, 0) is 33.3 Å². The van der Waals surface area contributed by atoms with Crippen molar-refractivity contribution >= 4 is 11.6 Å². The minimum absolute atomic E-state index is 0.184. The van der Waals surface area contributed by atoms with Gasteiger partial charge >= 0.3 is 0 Å². The number of nitrogens with one attached hydrogen (secondary N) is 1. The quantitative estimate of drug-likeness (QED) is 0.859. The van der Waals surface area contributed by atoms with Crippen LogP contribution < -0.4 is 10.1 Å². The van der Waals surface area contributed by atoms with Gasteiger partial charge in [0.15, 0.2) is 0 Å². The molecule has 0 aliphatic carbocycles. The number of pyridine rings is 1. The zero-order valence-corrected chi connectivity index (χ0v) is 12.2. The number of hydrogen-bond donors (Lipinski definition) is 1. The van der Waals surface area contributed by atoms with Crippen molar-refractivity contribution in [3.63, 3.8) is 0 Å². The molecule has 0 saturated heterocycles. The fourth-order valence-electron chi connectivity index (χ4n) is 1.48. The zero-order valence-electron chi connectivity index (χ0n) is 12.2. The van der Waals surface area contributed by atoms with E-state index in [1.54, 1.807) is 33.1 Å². The van der Waals surface area contributed by atoms with E-state index in [1.807, 2.05) is 13.8 Å². The highest BCUT2D eigenvalue weighted by atomic mass is 16.5. The van der Waals surface area contributed by atoms with Gasteiger partial charge in [0.1, 0.15) is 5.60 Å². The Morgan fingerprint density at radius 3 is 2.63 bits per heavy atom. The van der Waals surface area contributed by atoms with Crippen molar-refractivity contribution in [2.75, 3.05) is 19.0 Å². The van der Waals surface area contributed by atoms with Crippen molar-refractivity contribution in [2.24, 2.45) is 0 Å². The molecule has 0 aliphatic rings. The van der Waals surface area contributed by atoms with Crippen LogP contribution in [0.1, 0.15) is 32.9 Å². The van der Waals surface area contributed by atoms with Crippen LogP contribution in [0.4, 0.5) is 5.69 Å². The molecule has 0 fully saturated rings. The summed E-state index contributed by atoms with van der Waals surface area (Å²) >= 11 is 0. The highest BCUT2D eigenvalue weighted by molar-refractivity contribution is 5.97. The lowest BCUT2D eigenvalue weighted by atomic mass is 10.1. The summed E-state index contributed by atoms with van der Waals surface area (Å²) in [5.41, 5.74) is 0.514. The van der Waals surface area contributed by atoms with Gasteiger partial charge in [-0.25, -0.2) is 4.98 Å². The van der Waals surface area contributed by atoms with Gasteiger partial charge in [0.05, 0.1) is 18.5 Å². The third-order valence-electron chi connectivity index (χ3n) is 2.73. The van der Waals surface area contributed by atoms with Crippen molar-refractivity contribution in [1.29, 1.82) is 0 Å². The summed E-state index contributed by atoms with van der Waals surface area (Å²) in [6, 6.07) is 3.48. The molecular formula is C14H22N2O3. The first kappa shape index (κ1) is 15.4. The molecular weight excluding hydrogens is 244 g/mol. The number of rotatable bonds is 6. The number of methoxy groups -OCH3 is 1. The fourth-order valence-corrected chi connectivity index (χ4v) is 1.48. The summed E-state index contributed by atoms with van der Waals surface area (Å²) in [5, 5.41) is 2.83. The number of anilines is 1. The normalized spacial score (nSPS) is 11.2. The van der Waals surface area contributed by atoms with Gasteiger partial charge in [-0.3, -0.25) is 4.79 Å². The first-order chi connectivity index (χ1) is 8.90. The van der Waals surface area contributed by atoms with Crippen LogP contribution in [0.2, 0.25) is 0 Å². The summed E-state index contributed by atoms with van der Waals surface area (Å²) < 4.78 is 10.6. The van der Waals surface area contributed by atoms with Crippen LogP contribution >= 0.6 is 0 Å². The second kappa shape index (κ2) is 6.52. The average Bonchev–Trinajstić information content (AvgIpc) is 2.38. The van der Waals surface area contributed by atoms with Gasteiger partial charge in [-0.2, -0.15) is 0 Å². The molecule has 106 valence electrons. The molecule has 19 heavy (non-hydrogen) atoms. The minimum atomic E-state index is -0.859. The fraction of sp³-hybridized carbons (Fsp3) is 0.571.